The predicted molar refractivity (Wildman–Crippen MR) is 59.2 cm³/mol. The fraction of sp³-hybridized carbons (Fsp3) is 0.727. The van der Waals surface area contributed by atoms with Gasteiger partial charge >= 0.3 is 0 Å². The van der Waals surface area contributed by atoms with Gasteiger partial charge in [-0.1, -0.05) is 31.8 Å². The van der Waals surface area contributed by atoms with E-state index in [4.69, 9.17) is 5.26 Å². The SMILES string of the molecule is C[Si](C)(C)CC1CCCC=C1C#N. The summed E-state index contributed by atoms with van der Waals surface area (Å²) in [6.45, 7) is 7.16. The molecule has 0 bridgehead atoms. The molecule has 1 rings (SSSR count). The van der Waals surface area contributed by atoms with Crippen molar-refractivity contribution in [1.29, 1.82) is 5.26 Å². The highest BCUT2D eigenvalue weighted by molar-refractivity contribution is 6.76. The number of nitriles is 1. The van der Waals surface area contributed by atoms with E-state index in [1.807, 2.05) is 0 Å². The van der Waals surface area contributed by atoms with E-state index in [9.17, 15) is 0 Å². The second kappa shape index (κ2) is 4.10. The minimum Gasteiger partial charge on any atom is -0.193 e. The van der Waals surface area contributed by atoms with E-state index >= 15 is 0 Å². The molecule has 0 saturated heterocycles. The zero-order valence-electron chi connectivity index (χ0n) is 8.93. The van der Waals surface area contributed by atoms with Crippen molar-refractivity contribution in [3.8, 4) is 6.07 Å². The van der Waals surface area contributed by atoms with Crippen molar-refractivity contribution >= 4 is 8.07 Å². The highest BCUT2D eigenvalue weighted by Gasteiger charge is 2.24. The van der Waals surface area contributed by atoms with E-state index < -0.39 is 8.07 Å². The van der Waals surface area contributed by atoms with Crippen LogP contribution < -0.4 is 0 Å². The van der Waals surface area contributed by atoms with Gasteiger partial charge in [0.15, 0.2) is 0 Å². The molecular weight excluding hydrogens is 174 g/mol. The summed E-state index contributed by atoms with van der Waals surface area (Å²) in [7, 11) is -0.995. The zero-order chi connectivity index (χ0) is 9.90. The van der Waals surface area contributed by atoms with Crippen LogP contribution in [-0.4, -0.2) is 8.07 Å². The highest BCUT2D eigenvalue weighted by atomic mass is 28.3. The van der Waals surface area contributed by atoms with Crippen LogP contribution >= 0.6 is 0 Å². The molecule has 0 amide bonds. The van der Waals surface area contributed by atoms with Gasteiger partial charge in [0, 0.05) is 13.6 Å². The summed E-state index contributed by atoms with van der Waals surface area (Å²) in [4.78, 5) is 0. The van der Waals surface area contributed by atoms with Crippen LogP contribution in [0.4, 0.5) is 0 Å². The summed E-state index contributed by atoms with van der Waals surface area (Å²) in [5, 5.41) is 8.96. The molecule has 1 aliphatic carbocycles. The van der Waals surface area contributed by atoms with Gasteiger partial charge in [0.2, 0.25) is 0 Å². The molecule has 0 aromatic carbocycles. The molecule has 0 saturated carbocycles. The van der Waals surface area contributed by atoms with Crippen molar-refractivity contribution < 1.29 is 0 Å². The van der Waals surface area contributed by atoms with Crippen LogP contribution in [0.2, 0.25) is 25.7 Å². The molecule has 0 aromatic heterocycles. The lowest BCUT2D eigenvalue weighted by Crippen LogP contribution is -2.25. The van der Waals surface area contributed by atoms with Crippen LogP contribution in [0.1, 0.15) is 19.3 Å². The molecule has 0 radical (unpaired) electrons. The normalized spacial score (nSPS) is 23.5. The quantitative estimate of drug-likeness (QED) is 0.615. The van der Waals surface area contributed by atoms with Crippen molar-refractivity contribution in [3.05, 3.63) is 11.6 Å². The Labute approximate surface area is 82.5 Å². The Morgan fingerprint density at radius 1 is 1.54 bits per heavy atom. The molecule has 13 heavy (non-hydrogen) atoms. The zero-order valence-corrected chi connectivity index (χ0v) is 9.93. The number of nitrogens with zero attached hydrogens (tertiary/aromatic N) is 1. The third kappa shape index (κ3) is 3.36. The summed E-state index contributed by atoms with van der Waals surface area (Å²) in [5.74, 6) is 0.588. The number of hydrogen-bond acceptors (Lipinski definition) is 1. The number of rotatable bonds is 2. The van der Waals surface area contributed by atoms with Gasteiger partial charge in [-0.15, -0.1) is 0 Å². The summed E-state index contributed by atoms with van der Waals surface area (Å²) in [5.41, 5.74) is 1.06. The minimum atomic E-state index is -0.995. The lowest BCUT2D eigenvalue weighted by Gasteiger charge is -2.26. The Morgan fingerprint density at radius 3 is 2.77 bits per heavy atom. The third-order valence-electron chi connectivity index (χ3n) is 2.55. The molecule has 0 aliphatic heterocycles. The first-order valence-corrected chi connectivity index (χ1v) is 8.84. The van der Waals surface area contributed by atoms with Crippen molar-refractivity contribution in [2.24, 2.45) is 5.92 Å². The summed E-state index contributed by atoms with van der Waals surface area (Å²) < 4.78 is 0. The van der Waals surface area contributed by atoms with Crippen molar-refractivity contribution in [2.45, 2.75) is 44.9 Å². The lowest BCUT2D eigenvalue weighted by atomic mass is 9.90. The second-order valence-corrected chi connectivity index (χ2v) is 10.7. The Morgan fingerprint density at radius 2 is 2.23 bits per heavy atom. The first-order valence-electron chi connectivity index (χ1n) is 5.13. The Kier molecular flexibility index (Phi) is 3.32. The monoisotopic (exact) mass is 193 g/mol. The molecule has 0 heterocycles. The molecule has 1 atom stereocenters. The van der Waals surface area contributed by atoms with Crippen LogP contribution in [-0.2, 0) is 0 Å². The number of allylic oxidation sites excluding steroid dienone is 2. The topological polar surface area (TPSA) is 23.8 Å². The third-order valence-corrected chi connectivity index (χ3v) is 4.27. The van der Waals surface area contributed by atoms with Crippen molar-refractivity contribution in [3.63, 3.8) is 0 Å². The number of hydrogen-bond donors (Lipinski definition) is 0. The molecule has 72 valence electrons. The first kappa shape index (κ1) is 10.5. The van der Waals surface area contributed by atoms with Gasteiger partial charge < -0.3 is 0 Å². The van der Waals surface area contributed by atoms with Gasteiger partial charge in [-0.25, -0.2) is 0 Å². The van der Waals surface area contributed by atoms with Gasteiger partial charge in [0.25, 0.3) is 0 Å². The van der Waals surface area contributed by atoms with E-state index in [1.54, 1.807) is 0 Å². The molecular formula is C11H19NSi. The molecule has 0 aromatic rings. The molecule has 0 fully saturated rings. The molecule has 1 aliphatic rings. The van der Waals surface area contributed by atoms with E-state index in [0.29, 0.717) is 5.92 Å². The van der Waals surface area contributed by atoms with E-state index in [1.165, 1.54) is 18.9 Å². The standard InChI is InChI=1S/C11H19NSi/c1-13(2,3)9-11-7-5-4-6-10(11)8-12/h6,11H,4-5,7,9H2,1-3H3. The largest absolute Gasteiger partial charge is 0.193 e. The Bertz CT molecular complexity index is 242. The molecule has 2 heteroatoms. The van der Waals surface area contributed by atoms with Crippen LogP contribution in [0.3, 0.4) is 0 Å². The van der Waals surface area contributed by atoms with E-state index in [-0.39, 0.29) is 0 Å². The van der Waals surface area contributed by atoms with Gasteiger partial charge in [0.05, 0.1) is 6.07 Å². The molecule has 1 unspecified atom stereocenters. The second-order valence-electron chi connectivity index (χ2n) is 5.16. The van der Waals surface area contributed by atoms with Gasteiger partial charge in [-0.05, 0) is 25.2 Å². The highest BCUT2D eigenvalue weighted by Crippen LogP contribution is 2.31. The van der Waals surface area contributed by atoms with Crippen LogP contribution in [0.5, 0.6) is 0 Å². The maximum Gasteiger partial charge on any atom is 0.0946 e. The molecule has 0 spiro atoms. The first-order chi connectivity index (χ1) is 6.03. The Hall–Kier alpha value is -0.553. The van der Waals surface area contributed by atoms with Crippen LogP contribution in [0.25, 0.3) is 0 Å². The van der Waals surface area contributed by atoms with Crippen molar-refractivity contribution in [2.75, 3.05) is 0 Å². The van der Waals surface area contributed by atoms with Gasteiger partial charge in [-0.3, -0.25) is 0 Å². The maximum atomic E-state index is 8.96. The van der Waals surface area contributed by atoms with Gasteiger partial charge in [-0.2, -0.15) is 5.26 Å². The minimum absolute atomic E-state index is 0.588. The van der Waals surface area contributed by atoms with Crippen LogP contribution in [0, 0.1) is 17.2 Å². The predicted octanol–water partition coefficient (Wildman–Crippen LogP) is 3.57. The summed E-state index contributed by atoms with van der Waals surface area (Å²) in [6.07, 6.45) is 5.78. The fourth-order valence-corrected chi connectivity index (χ4v) is 3.93. The maximum absolute atomic E-state index is 8.96. The van der Waals surface area contributed by atoms with Gasteiger partial charge in [0.1, 0.15) is 0 Å². The molecule has 1 nitrogen and oxygen atoms in total. The summed E-state index contributed by atoms with van der Waals surface area (Å²) >= 11 is 0. The van der Waals surface area contributed by atoms with Crippen molar-refractivity contribution in [1.82, 2.24) is 0 Å². The fourth-order valence-electron chi connectivity index (χ4n) is 2.03. The van der Waals surface area contributed by atoms with E-state index in [2.05, 4.69) is 31.8 Å². The lowest BCUT2D eigenvalue weighted by molar-refractivity contribution is 0.559. The van der Waals surface area contributed by atoms with Crippen LogP contribution in [0.15, 0.2) is 11.6 Å². The summed E-state index contributed by atoms with van der Waals surface area (Å²) in [6, 6.07) is 3.64. The smallest absolute Gasteiger partial charge is 0.0946 e. The molecule has 0 N–H and O–H groups in total. The van der Waals surface area contributed by atoms with E-state index in [0.717, 1.165) is 12.0 Å². The Balaban J connectivity index is 2.64. The average molecular weight is 193 g/mol. The average Bonchev–Trinajstić information content (AvgIpc) is 2.02.